The summed E-state index contributed by atoms with van der Waals surface area (Å²) in [4.78, 5) is 17.2. The van der Waals surface area contributed by atoms with Crippen LogP contribution in [0.5, 0.6) is 5.75 Å². The molecule has 0 saturated heterocycles. The molecule has 7 nitrogen and oxygen atoms in total. The van der Waals surface area contributed by atoms with E-state index in [1.807, 2.05) is 0 Å². The number of amides is 1. The number of hydrogen-bond donors (Lipinski definition) is 1. The van der Waals surface area contributed by atoms with E-state index in [0.717, 1.165) is 17.4 Å². The van der Waals surface area contributed by atoms with Gasteiger partial charge in [-0.2, -0.15) is 0 Å². The van der Waals surface area contributed by atoms with Crippen LogP contribution in [-0.2, 0) is 14.8 Å². The Hall–Kier alpha value is -2.98. The molecule has 0 fully saturated rings. The van der Waals surface area contributed by atoms with Crippen molar-refractivity contribution in [1.82, 2.24) is 4.98 Å². The molecule has 29 heavy (non-hydrogen) atoms. The molecule has 0 spiro atoms. The summed E-state index contributed by atoms with van der Waals surface area (Å²) in [5.74, 6) is -0.411. The molecule has 0 atom stereocenters. The topological polar surface area (TPSA) is 88.6 Å². The Morgan fingerprint density at radius 1 is 1.24 bits per heavy atom. The fourth-order valence-corrected chi connectivity index (χ4v) is 5.01. The number of ether oxygens (including phenoxy) is 1. The number of halogens is 1. The number of carbonyl (C=O) groups excluding carboxylic acids is 1. The summed E-state index contributed by atoms with van der Waals surface area (Å²) in [6, 6.07) is 9.14. The lowest BCUT2D eigenvalue weighted by atomic mass is 10.1. The van der Waals surface area contributed by atoms with Gasteiger partial charge in [-0.3, -0.25) is 9.52 Å². The van der Waals surface area contributed by atoms with Gasteiger partial charge >= 0.3 is 0 Å². The monoisotopic (exact) mass is 433 g/mol. The van der Waals surface area contributed by atoms with Crippen molar-refractivity contribution >= 4 is 38.1 Å². The first kappa shape index (κ1) is 19.3. The summed E-state index contributed by atoms with van der Waals surface area (Å²) >= 11 is 1.08. The number of likely N-dealkylation sites (N-methyl/N-ethyl adjacent to an activating group) is 1. The molecule has 2 heterocycles. The molecule has 1 aromatic heterocycles. The van der Waals surface area contributed by atoms with Gasteiger partial charge in [0, 0.05) is 18.0 Å². The smallest absolute Gasteiger partial charge is 0.266 e. The highest BCUT2D eigenvalue weighted by Gasteiger charge is 2.24. The third-order valence-corrected chi connectivity index (χ3v) is 6.68. The molecule has 1 amide bonds. The Labute approximate surface area is 170 Å². The van der Waals surface area contributed by atoms with Crippen LogP contribution in [0.4, 0.5) is 15.2 Å². The lowest BCUT2D eigenvalue weighted by molar-refractivity contribution is -0.120. The largest absolute Gasteiger partial charge is 0.482 e. The first-order chi connectivity index (χ1) is 13.7. The number of benzene rings is 2. The molecule has 3 aromatic rings. The highest BCUT2D eigenvalue weighted by molar-refractivity contribution is 7.93. The van der Waals surface area contributed by atoms with Crippen molar-refractivity contribution in [2.75, 3.05) is 23.3 Å². The van der Waals surface area contributed by atoms with Gasteiger partial charge in [0.1, 0.15) is 16.5 Å². The van der Waals surface area contributed by atoms with Crippen molar-refractivity contribution in [2.24, 2.45) is 0 Å². The van der Waals surface area contributed by atoms with E-state index >= 15 is 0 Å². The Balaban J connectivity index is 1.62. The van der Waals surface area contributed by atoms with Crippen LogP contribution in [0, 0.1) is 12.7 Å². The van der Waals surface area contributed by atoms with Crippen LogP contribution in [0.25, 0.3) is 11.3 Å². The third kappa shape index (κ3) is 3.68. The van der Waals surface area contributed by atoms with E-state index in [1.165, 1.54) is 17.0 Å². The van der Waals surface area contributed by atoms with Crippen molar-refractivity contribution in [3.8, 4) is 17.0 Å². The quantitative estimate of drug-likeness (QED) is 0.681. The number of nitrogens with zero attached hydrogens (tertiary/aromatic N) is 2. The molecule has 0 saturated carbocycles. The van der Waals surface area contributed by atoms with E-state index in [9.17, 15) is 17.6 Å². The Kier molecular flexibility index (Phi) is 4.75. The first-order valence-electron chi connectivity index (χ1n) is 8.53. The van der Waals surface area contributed by atoms with E-state index < -0.39 is 20.7 Å². The highest BCUT2D eigenvalue weighted by atomic mass is 32.2. The second kappa shape index (κ2) is 7.12. The number of sulfonamides is 1. The molecule has 0 radical (unpaired) electrons. The van der Waals surface area contributed by atoms with Crippen LogP contribution in [-0.4, -0.2) is 33.0 Å². The van der Waals surface area contributed by atoms with Gasteiger partial charge in [0.15, 0.2) is 11.7 Å². The molecule has 1 aliphatic rings. The van der Waals surface area contributed by atoms with Gasteiger partial charge < -0.3 is 9.64 Å². The molecule has 4 rings (SSSR count). The van der Waals surface area contributed by atoms with Crippen LogP contribution in [0.3, 0.4) is 0 Å². The second-order valence-electron chi connectivity index (χ2n) is 6.50. The molecule has 2 aromatic carbocycles. The highest BCUT2D eigenvalue weighted by Crippen LogP contribution is 2.36. The molecule has 0 aliphatic carbocycles. The molecular formula is C19H16FN3O4S2. The second-order valence-corrected chi connectivity index (χ2v) is 9.01. The van der Waals surface area contributed by atoms with Crippen molar-refractivity contribution in [1.29, 1.82) is 0 Å². The van der Waals surface area contributed by atoms with Gasteiger partial charge in [0.25, 0.3) is 15.9 Å². The maximum Gasteiger partial charge on any atom is 0.266 e. The van der Waals surface area contributed by atoms with Gasteiger partial charge in [0.2, 0.25) is 0 Å². The number of nitrogens with one attached hydrogen (secondary N) is 1. The van der Waals surface area contributed by atoms with Crippen LogP contribution in [0.15, 0.2) is 46.7 Å². The lowest BCUT2D eigenvalue weighted by Gasteiger charge is -2.26. The fraction of sp³-hybridized carbons (Fsp3) is 0.158. The van der Waals surface area contributed by atoms with Crippen molar-refractivity contribution in [3.05, 3.63) is 53.2 Å². The van der Waals surface area contributed by atoms with Crippen molar-refractivity contribution in [3.63, 3.8) is 0 Å². The molecule has 1 N–H and O–H groups in total. The summed E-state index contributed by atoms with van der Waals surface area (Å²) < 4.78 is 46.8. The zero-order valence-corrected chi connectivity index (χ0v) is 17.1. The number of aromatic nitrogens is 1. The summed E-state index contributed by atoms with van der Waals surface area (Å²) in [6.07, 6.45) is 0. The zero-order chi connectivity index (χ0) is 20.8. The van der Waals surface area contributed by atoms with Crippen LogP contribution in [0.1, 0.15) is 5.56 Å². The minimum Gasteiger partial charge on any atom is -0.482 e. The van der Waals surface area contributed by atoms with Crippen molar-refractivity contribution in [2.45, 2.75) is 11.8 Å². The number of hydrogen-bond acceptors (Lipinski definition) is 6. The van der Waals surface area contributed by atoms with E-state index in [-0.39, 0.29) is 17.6 Å². The van der Waals surface area contributed by atoms with Gasteiger partial charge in [0.05, 0.1) is 11.4 Å². The predicted octanol–water partition coefficient (Wildman–Crippen LogP) is 3.41. The van der Waals surface area contributed by atoms with E-state index in [1.54, 1.807) is 37.6 Å². The van der Waals surface area contributed by atoms with E-state index in [2.05, 4.69) is 9.71 Å². The van der Waals surface area contributed by atoms with Crippen LogP contribution >= 0.6 is 11.3 Å². The van der Waals surface area contributed by atoms with Gasteiger partial charge in [-0.05, 0) is 42.8 Å². The fourth-order valence-electron chi connectivity index (χ4n) is 2.87. The third-order valence-electron chi connectivity index (χ3n) is 4.44. The minimum atomic E-state index is -4.12. The van der Waals surface area contributed by atoms with Crippen LogP contribution in [0.2, 0.25) is 0 Å². The Morgan fingerprint density at radius 3 is 2.83 bits per heavy atom. The summed E-state index contributed by atoms with van der Waals surface area (Å²) in [6.45, 7) is 1.67. The average molecular weight is 433 g/mol. The normalized spacial score (nSPS) is 13.8. The molecule has 0 bridgehead atoms. The van der Waals surface area contributed by atoms with E-state index in [0.29, 0.717) is 28.3 Å². The van der Waals surface area contributed by atoms with Gasteiger partial charge in [-0.15, -0.1) is 11.3 Å². The van der Waals surface area contributed by atoms with Gasteiger partial charge in [-0.25, -0.2) is 17.8 Å². The standard InChI is InChI=1S/C19H16FN3O4S2/c1-11-3-5-13(20)17(7-11)29(25,26)22-19-21-14(10-28-19)12-4-6-16-15(8-12)23(2)18(24)9-27-16/h3-8,10H,9H2,1-2H3,(H,21,22). The molecule has 150 valence electrons. The average Bonchev–Trinajstić information content (AvgIpc) is 3.14. The number of rotatable bonds is 4. The number of fused-ring (bicyclic) bond motifs is 1. The molecule has 1 aliphatic heterocycles. The van der Waals surface area contributed by atoms with Crippen LogP contribution < -0.4 is 14.4 Å². The van der Waals surface area contributed by atoms with E-state index in [4.69, 9.17) is 4.74 Å². The number of anilines is 2. The Morgan fingerprint density at radius 2 is 2.03 bits per heavy atom. The SMILES string of the molecule is Cc1ccc(F)c(S(=O)(=O)Nc2nc(-c3ccc4c(c3)N(C)C(=O)CO4)cs2)c1. The molecule has 0 unspecified atom stereocenters. The molecule has 10 heteroatoms. The number of carbonyl (C=O) groups is 1. The van der Waals surface area contributed by atoms with Gasteiger partial charge in [-0.1, -0.05) is 6.07 Å². The lowest BCUT2D eigenvalue weighted by Crippen LogP contribution is -2.35. The maximum atomic E-state index is 14.0. The summed E-state index contributed by atoms with van der Waals surface area (Å²) in [7, 11) is -2.46. The minimum absolute atomic E-state index is 0.0129. The zero-order valence-electron chi connectivity index (χ0n) is 15.5. The summed E-state index contributed by atoms with van der Waals surface area (Å²) in [5.41, 5.74) is 2.45. The maximum absolute atomic E-state index is 14.0. The summed E-state index contributed by atoms with van der Waals surface area (Å²) in [5, 5.41) is 1.79. The first-order valence-corrected chi connectivity index (χ1v) is 10.9. The Bertz CT molecular complexity index is 1220. The number of thiazole rings is 1. The molecular weight excluding hydrogens is 417 g/mol. The van der Waals surface area contributed by atoms with Crippen molar-refractivity contribution < 1.29 is 22.3 Å². The number of aryl methyl sites for hydroxylation is 1. The predicted molar refractivity (Wildman–Crippen MR) is 108 cm³/mol.